The zero-order valence-electron chi connectivity index (χ0n) is 21.8. The van der Waals surface area contributed by atoms with Crippen LogP contribution in [-0.4, -0.2) is 46.1 Å². The molecule has 0 radical (unpaired) electrons. The SMILES string of the molecule is Cl.N[C@@H](CC(=O)N1CCC[C@H]1C(=O)NC(c1ccc(F)cc1)c1ccc(F)cc1)C(=O)N1Cc2ccccc2C1. The van der Waals surface area contributed by atoms with E-state index in [-0.39, 0.29) is 36.5 Å². The summed E-state index contributed by atoms with van der Waals surface area (Å²) >= 11 is 0. The molecule has 1 fully saturated rings. The van der Waals surface area contributed by atoms with Crippen LogP contribution in [0.5, 0.6) is 0 Å². The second-order valence-corrected chi connectivity index (χ2v) is 10.1. The van der Waals surface area contributed by atoms with Crippen molar-refractivity contribution < 1.29 is 23.2 Å². The van der Waals surface area contributed by atoms with Crippen LogP contribution in [-0.2, 0) is 27.5 Å². The molecule has 0 bridgehead atoms. The quantitative estimate of drug-likeness (QED) is 0.453. The van der Waals surface area contributed by atoms with Crippen molar-refractivity contribution in [2.45, 2.75) is 50.5 Å². The number of hydrogen-bond acceptors (Lipinski definition) is 4. The Morgan fingerprint density at radius 3 is 1.93 bits per heavy atom. The number of rotatable bonds is 7. The molecular weight excluding hydrogens is 538 g/mol. The number of carbonyl (C=O) groups excluding carboxylic acids is 3. The molecule has 0 spiro atoms. The van der Waals surface area contributed by atoms with Crippen molar-refractivity contribution in [3.8, 4) is 0 Å². The van der Waals surface area contributed by atoms with E-state index in [4.69, 9.17) is 5.73 Å². The summed E-state index contributed by atoms with van der Waals surface area (Å²) in [7, 11) is 0. The largest absolute Gasteiger partial charge is 0.343 e. The van der Waals surface area contributed by atoms with E-state index in [1.807, 2.05) is 24.3 Å². The number of halogens is 3. The fourth-order valence-electron chi connectivity index (χ4n) is 5.36. The van der Waals surface area contributed by atoms with E-state index in [0.29, 0.717) is 43.6 Å². The van der Waals surface area contributed by atoms with Gasteiger partial charge in [-0.15, -0.1) is 12.4 Å². The van der Waals surface area contributed by atoms with Crippen molar-refractivity contribution in [2.24, 2.45) is 5.73 Å². The fourth-order valence-corrected chi connectivity index (χ4v) is 5.36. The Bertz CT molecular complexity index is 1300. The molecule has 3 amide bonds. The van der Waals surface area contributed by atoms with E-state index in [1.54, 1.807) is 29.2 Å². The second-order valence-electron chi connectivity index (χ2n) is 10.1. The van der Waals surface area contributed by atoms with Crippen LogP contribution in [0.1, 0.15) is 47.6 Å². The van der Waals surface area contributed by atoms with Gasteiger partial charge in [0.15, 0.2) is 0 Å². The number of carbonyl (C=O) groups is 3. The lowest BCUT2D eigenvalue weighted by Gasteiger charge is -2.28. The molecule has 0 aliphatic carbocycles. The molecule has 1 saturated heterocycles. The maximum atomic E-state index is 13.6. The average Bonchev–Trinajstić information content (AvgIpc) is 3.60. The Morgan fingerprint density at radius 2 is 1.40 bits per heavy atom. The van der Waals surface area contributed by atoms with Crippen molar-refractivity contribution in [2.75, 3.05) is 6.54 Å². The zero-order valence-corrected chi connectivity index (χ0v) is 22.6. The van der Waals surface area contributed by atoms with Gasteiger partial charge in [-0.1, -0.05) is 48.5 Å². The van der Waals surface area contributed by atoms with Gasteiger partial charge in [-0.25, -0.2) is 8.78 Å². The number of hydrogen-bond donors (Lipinski definition) is 2. The molecule has 3 aromatic carbocycles. The van der Waals surface area contributed by atoms with Gasteiger partial charge in [0.2, 0.25) is 17.7 Å². The topological polar surface area (TPSA) is 95.7 Å². The summed E-state index contributed by atoms with van der Waals surface area (Å²) in [6.45, 7) is 1.30. The first-order valence-corrected chi connectivity index (χ1v) is 13.0. The van der Waals surface area contributed by atoms with Gasteiger partial charge in [0.25, 0.3) is 0 Å². The first-order valence-electron chi connectivity index (χ1n) is 13.0. The molecule has 0 saturated carbocycles. The van der Waals surface area contributed by atoms with E-state index in [1.165, 1.54) is 29.2 Å². The van der Waals surface area contributed by atoms with Gasteiger partial charge in [0.1, 0.15) is 17.7 Å². The van der Waals surface area contributed by atoms with Crippen LogP contribution >= 0.6 is 12.4 Å². The normalized spacial score (nSPS) is 16.9. The standard InChI is InChI=1S/C30H30F2N4O3.ClH/c31-23-11-7-19(8-12-23)28(20-9-13-24(32)14-10-20)34-29(38)26-6-3-15-36(26)27(37)16-25(33)30(39)35-17-21-4-1-2-5-22(21)18-35;/h1-2,4-5,7-14,25-26,28H,3,6,15-18,33H2,(H,34,38);1H/t25-,26-;/m0./s1. The molecule has 10 heteroatoms. The van der Waals surface area contributed by atoms with Crippen LogP contribution in [0, 0.1) is 11.6 Å². The second kappa shape index (κ2) is 12.6. The number of benzene rings is 3. The minimum Gasteiger partial charge on any atom is -0.343 e. The molecule has 5 rings (SSSR count). The maximum absolute atomic E-state index is 13.6. The van der Waals surface area contributed by atoms with Crippen LogP contribution in [0.15, 0.2) is 72.8 Å². The zero-order chi connectivity index (χ0) is 27.5. The third-order valence-corrected chi connectivity index (χ3v) is 7.43. The van der Waals surface area contributed by atoms with Gasteiger partial charge in [0, 0.05) is 19.6 Å². The predicted molar refractivity (Wildman–Crippen MR) is 148 cm³/mol. The fraction of sp³-hybridized carbons (Fsp3) is 0.300. The van der Waals surface area contributed by atoms with Gasteiger partial charge in [0.05, 0.1) is 18.5 Å². The molecule has 40 heavy (non-hydrogen) atoms. The molecule has 2 heterocycles. The molecule has 2 aliphatic heterocycles. The molecule has 3 N–H and O–H groups in total. The third kappa shape index (κ3) is 6.32. The number of nitrogens with two attached hydrogens (primary N) is 1. The van der Waals surface area contributed by atoms with E-state index < -0.39 is 29.8 Å². The molecule has 0 aromatic heterocycles. The van der Waals surface area contributed by atoms with Crippen molar-refractivity contribution in [1.29, 1.82) is 0 Å². The van der Waals surface area contributed by atoms with Crippen LogP contribution in [0.3, 0.4) is 0 Å². The van der Waals surface area contributed by atoms with Gasteiger partial charge in [-0.05, 0) is 59.4 Å². The maximum Gasteiger partial charge on any atom is 0.243 e. The molecule has 210 valence electrons. The van der Waals surface area contributed by atoms with E-state index in [0.717, 1.165) is 11.1 Å². The molecule has 0 unspecified atom stereocenters. The van der Waals surface area contributed by atoms with E-state index in [9.17, 15) is 23.2 Å². The van der Waals surface area contributed by atoms with Gasteiger partial charge >= 0.3 is 0 Å². The van der Waals surface area contributed by atoms with Crippen LogP contribution < -0.4 is 11.1 Å². The van der Waals surface area contributed by atoms with E-state index >= 15 is 0 Å². The highest BCUT2D eigenvalue weighted by molar-refractivity contribution is 5.92. The monoisotopic (exact) mass is 568 g/mol. The lowest BCUT2D eigenvalue weighted by molar-refractivity contribution is -0.141. The number of nitrogens with one attached hydrogen (secondary N) is 1. The lowest BCUT2D eigenvalue weighted by Crippen LogP contribution is -2.50. The molecule has 2 aliphatic rings. The molecular formula is C30H31ClF2N4O3. The van der Waals surface area contributed by atoms with Crippen molar-refractivity contribution in [1.82, 2.24) is 15.1 Å². The number of nitrogens with zero attached hydrogens (tertiary/aromatic N) is 2. The Hall–Kier alpha value is -3.82. The van der Waals surface area contributed by atoms with E-state index in [2.05, 4.69) is 5.32 Å². The molecule has 2 atom stereocenters. The van der Waals surface area contributed by atoms with Gasteiger partial charge in [-0.2, -0.15) is 0 Å². The highest BCUT2D eigenvalue weighted by atomic mass is 35.5. The van der Waals surface area contributed by atoms with Crippen molar-refractivity contribution in [3.63, 3.8) is 0 Å². The first-order chi connectivity index (χ1) is 18.8. The Kier molecular flexibility index (Phi) is 9.17. The minimum absolute atomic E-state index is 0. The number of likely N-dealkylation sites (tertiary alicyclic amines) is 1. The Balaban J connectivity index is 0.00000370. The van der Waals surface area contributed by atoms with Crippen LogP contribution in [0.4, 0.5) is 8.78 Å². The third-order valence-electron chi connectivity index (χ3n) is 7.43. The van der Waals surface area contributed by atoms with Gasteiger partial charge < -0.3 is 20.9 Å². The summed E-state index contributed by atoms with van der Waals surface area (Å²) in [6.07, 6.45) is 0.892. The number of fused-ring (bicyclic) bond motifs is 1. The molecule has 3 aromatic rings. The van der Waals surface area contributed by atoms with Crippen molar-refractivity contribution >= 4 is 30.1 Å². The summed E-state index contributed by atoms with van der Waals surface area (Å²) < 4.78 is 27.1. The summed E-state index contributed by atoms with van der Waals surface area (Å²) in [5, 5.41) is 2.96. The summed E-state index contributed by atoms with van der Waals surface area (Å²) in [6, 6.07) is 16.8. The number of amides is 3. The first kappa shape index (κ1) is 29.2. The Labute approximate surface area is 237 Å². The molecule has 7 nitrogen and oxygen atoms in total. The van der Waals surface area contributed by atoms with Crippen LogP contribution in [0.2, 0.25) is 0 Å². The summed E-state index contributed by atoms with van der Waals surface area (Å²) in [5.74, 6) is -1.87. The highest BCUT2D eigenvalue weighted by Crippen LogP contribution is 2.26. The summed E-state index contributed by atoms with van der Waals surface area (Å²) in [4.78, 5) is 42.8. The highest BCUT2D eigenvalue weighted by Gasteiger charge is 2.37. The van der Waals surface area contributed by atoms with Gasteiger partial charge in [-0.3, -0.25) is 14.4 Å². The lowest BCUT2D eigenvalue weighted by atomic mass is 9.98. The average molecular weight is 569 g/mol. The van der Waals surface area contributed by atoms with Crippen LogP contribution in [0.25, 0.3) is 0 Å². The predicted octanol–water partition coefficient (Wildman–Crippen LogP) is 3.84. The summed E-state index contributed by atoms with van der Waals surface area (Å²) in [5.41, 5.74) is 9.55. The smallest absolute Gasteiger partial charge is 0.243 e. The minimum atomic E-state index is -1.01. The van der Waals surface area contributed by atoms with Crippen molar-refractivity contribution in [3.05, 3.63) is 107 Å². The Morgan fingerprint density at radius 1 is 0.875 bits per heavy atom.